The lowest BCUT2D eigenvalue weighted by Crippen LogP contribution is -2.24. The Bertz CT molecular complexity index is 679. The van der Waals surface area contributed by atoms with E-state index in [2.05, 4.69) is 32.1 Å². The molecule has 0 amide bonds. The van der Waals surface area contributed by atoms with Gasteiger partial charge in [0.05, 0.1) is 5.56 Å². The fourth-order valence-corrected chi connectivity index (χ4v) is 5.32. The van der Waals surface area contributed by atoms with E-state index < -0.39 is 0 Å². The van der Waals surface area contributed by atoms with Gasteiger partial charge in [0.2, 0.25) is 0 Å². The van der Waals surface area contributed by atoms with Gasteiger partial charge in [-0.2, -0.15) is 0 Å². The summed E-state index contributed by atoms with van der Waals surface area (Å²) in [7, 11) is 0. The fourth-order valence-electron chi connectivity index (χ4n) is 5.32. The van der Waals surface area contributed by atoms with Gasteiger partial charge in [-0.15, -0.1) is 0 Å². The Morgan fingerprint density at radius 2 is 1.58 bits per heavy atom. The average molecular weight is 425 g/mol. The average Bonchev–Trinajstić information content (AvgIpc) is 2.82. The number of allylic oxidation sites excluding steroid dienone is 2. The summed E-state index contributed by atoms with van der Waals surface area (Å²) in [5.41, 5.74) is 3.42. The summed E-state index contributed by atoms with van der Waals surface area (Å²) in [5.74, 6) is 1.54. The lowest BCUT2D eigenvalue weighted by atomic mass is 9.83. The Labute approximate surface area is 190 Å². The smallest absolute Gasteiger partial charge is 0.338 e. The molecule has 0 saturated heterocycles. The van der Waals surface area contributed by atoms with Crippen molar-refractivity contribution in [2.24, 2.45) is 11.8 Å². The molecule has 31 heavy (non-hydrogen) atoms. The highest BCUT2D eigenvalue weighted by Crippen LogP contribution is 2.33. The zero-order chi connectivity index (χ0) is 21.9. The van der Waals surface area contributed by atoms with Crippen LogP contribution in [0.3, 0.4) is 0 Å². The van der Waals surface area contributed by atoms with E-state index in [0.717, 1.165) is 24.7 Å². The maximum absolute atomic E-state index is 12.5. The molecule has 0 radical (unpaired) electrons. The predicted octanol–water partition coefficient (Wildman–Crippen LogP) is 8.75. The van der Waals surface area contributed by atoms with Crippen molar-refractivity contribution in [3.63, 3.8) is 0 Å². The van der Waals surface area contributed by atoms with Gasteiger partial charge in [0.15, 0.2) is 0 Å². The van der Waals surface area contributed by atoms with Crippen molar-refractivity contribution >= 4 is 11.5 Å². The summed E-state index contributed by atoms with van der Waals surface area (Å²) in [5, 5.41) is 0. The first kappa shape index (κ1) is 24.1. The minimum Gasteiger partial charge on any atom is -0.459 e. The quantitative estimate of drug-likeness (QED) is 0.262. The summed E-state index contributed by atoms with van der Waals surface area (Å²) in [6.07, 6.45) is 21.7. The molecule has 2 nitrogen and oxygen atoms in total. The van der Waals surface area contributed by atoms with Crippen LogP contribution in [-0.4, -0.2) is 12.1 Å². The highest BCUT2D eigenvalue weighted by molar-refractivity contribution is 5.90. The first-order valence-corrected chi connectivity index (χ1v) is 13.2. The molecule has 2 aliphatic rings. The monoisotopic (exact) mass is 424 g/mol. The standard InChI is InChI=1S/C29H44O2/c1-3-5-6-7-8-9-10-24-11-15-25(16-12-24)26-17-19-27(20-18-26)29(30)31-28-21-13-23(4-2)14-22-28/h15,17-20,23-24,28H,3-14,16,21-22H2,1-2H3. The van der Waals surface area contributed by atoms with Gasteiger partial charge in [-0.25, -0.2) is 4.79 Å². The van der Waals surface area contributed by atoms with Crippen LogP contribution in [0.1, 0.15) is 126 Å². The molecule has 172 valence electrons. The lowest BCUT2D eigenvalue weighted by Gasteiger charge is -2.27. The van der Waals surface area contributed by atoms with Crippen molar-refractivity contribution < 1.29 is 9.53 Å². The van der Waals surface area contributed by atoms with Gasteiger partial charge in [-0.1, -0.05) is 83.4 Å². The maximum Gasteiger partial charge on any atom is 0.338 e. The molecule has 0 aliphatic heterocycles. The molecule has 0 N–H and O–H groups in total. The predicted molar refractivity (Wildman–Crippen MR) is 131 cm³/mol. The molecule has 3 rings (SSSR count). The van der Waals surface area contributed by atoms with E-state index in [0.29, 0.717) is 5.56 Å². The van der Waals surface area contributed by atoms with Crippen molar-refractivity contribution in [2.45, 2.75) is 116 Å². The van der Waals surface area contributed by atoms with Crippen molar-refractivity contribution in [1.82, 2.24) is 0 Å². The number of rotatable bonds is 11. The third-order valence-corrected chi connectivity index (χ3v) is 7.62. The van der Waals surface area contributed by atoms with Crippen molar-refractivity contribution in [3.05, 3.63) is 41.5 Å². The number of carbonyl (C=O) groups is 1. The molecular weight excluding hydrogens is 380 g/mol. The Morgan fingerprint density at radius 3 is 2.23 bits per heavy atom. The van der Waals surface area contributed by atoms with Crippen LogP contribution in [0, 0.1) is 11.8 Å². The summed E-state index contributed by atoms with van der Waals surface area (Å²) in [6.45, 7) is 4.54. The second-order valence-corrected chi connectivity index (χ2v) is 9.96. The van der Waals surface area contributed by atoms with Gasteiger partial charge in [-0.3, -0.25) is 0 Å². The minimum absolute atomic E-state index is 0.111. The van der Waals surface area contributed by atoms with Crippen LogP contribution in [0.4, 0.5) is 0 Å². The lowest BCUT2D eigenvalue weighted by molar-refractivity contribution is 0.0164. The molecule has 2 heteroatoms. The van der Waals surface area contributed by atoms with Crippen LogP contribution in [-0.2, 0) is 4.74 Å². The van der Waals surface area contributed by atoms with Crippen LogP contribution in [0.25, 0.3) is 5.57 Å². The number of hydrogen-bond acceptors (Lipinski definition) is 2. The molecule has 1 aromatic rings. The SMILES string of the molecule is CCCCCCCCC1CC=C(c2ccc(C(=O)OC3CCC(CC)CC3)cc2)CC1. The Balaban J connectivity index is 1.40. The molecule has 1 aromatic carbocycles. The van der Waals surface area contributed by atoms with Gasteiger partial charge < -0.3 is 4.74 Å². The third-order valence-electron chi connectivity index (χ3n) is 7.62. The second kappa shape index (κ2) is 13.1. The van der Waals surface area contributed by atoms with Crippen molar-refractivity contribution in [1.29, 1.82) is 0 Å². The largest absolute Gasteiger partial charge is 0.459 e. The van der Waals surface area contributed by atoms with Gasteiger partial charge in [-0.05, 0) is 80.1 Å². The maximum atomic E-state index is 12.5. The molecule has 0 spiro atoms. The first-order valence-electron chi connectivity index (χ1n) is 13.2. The molecule has 0 bridgehead atoms. The number of carbonyl (C=O) groups excluding carboxylic acids is 1. The number of unbranched alkanes of at least 4 members (excludes halogenated alkanes) is 5. The topological polar surface area (TPSA) is 26.3 Å². The fraction of sp³-hybridized carbons (Fsp3) is 0.690. The van der Waals surface area contributed by atoms with E-state index in [1.165, 1.54) is 94.6 Å². The normalized spacial score (nSPS) is 23.9. The van der Waals surface area contributed by atoms with Crippen LogP contribution in [0.15, 0.2) is 30.3 Å². The highest BCUT2D eigenvalue weighted by Gasteiger charge is 2.23. The van der Waals surface area contributed by atoms with E-state index in [9.17, 15) is 4.79 Å². The zero-order valence-electron chi connectivity index (χ0n) is 20.0. The van der Waals surface area contributed by atoms with Gasteiger partial charge in [0, 0.05) is 0 Å². The summed E-state index contributed by atoms with van der Waals surface area (Å²) in [6, 6.07) is 8.14. The summed E-state index contributed by atoms with van der Waals surface area (Å²) in [4.78, 5) is 12.5. The minimum atomic E-state index is -0.150. The van der Waals surface area contributed by atoms with Crippen LogP contribution in [0.2, 0.25) is 0 Å². The molecule has 1 fully saturated rings. The summed E-state index contributed by atoms with van der Waals surface area (Å²) >= 11 is 0. The third kappa shape index (κ3) is 7.81. The molecule has 1 unspecified atom stereocenters. The van der Waals surface area contributed by atoms with E-state index in [1.807, 2.05) is 12.1 Å². The number of ether oxygens (including phenoxy) is 1. The highest BCUT2D eigenvalue weighted by atomic mass is 16.5. The molecule has 2 aliphatic carbocycles. The van der Waals surface area contributed by atoms with Crippen LogP contribution >= 0.6 is 0 Å². The Kier molecular flexibility index (Phi) is 10.2. The van der Waals surface area contributed by atoms with E-state index >= 15 is 0 Å². The van der Waals surface area contributed by atoms with Crippen LogP contribution < -0.4 is 0 Å². The molecular formula is C29H44O2. The van der Waals surface area contributed by atoms with Gasteiger partial charge in [0.1, 0.15) is 6.10 Å². The molecule has 0 aromatic heterocycles. The van der Waals surface area contributed by atoms with Gasteiger partial charge >= 0.3 is 5.97 Å². The molecule has 1 saturated carbocycles. The number of hydrogen-bond donors (Lipinski definition) is 0. The molecule has 1 atom stereocenters. The van der Waals surface area contributed by atoms with E-state index in [-0.39, 0.29) is 12.1 Å². The Hall–Kier alpha value is -1.57. The van der Waals surface area contributed by atoms with Crippen molar-refractivity contribution in [2.75, 3.05) is 0 Å². The number of benzene rings is 1. The first-order chi connectivity index (χ1) is 15.2. The summed E-state index contributed by atoms with van der Waals surface area (Å²) < 4.78 is 5.78. The zero-order valence-corrected chi connectivity index (χ0v) is 20.0. The number of esters is 1. The van der Waals surface area contributed by atoms with Crippen LogP contribution in [0.5, 0.6) is 0 Å². The molecule has 0 heterocycles. The van der Waals surface area contributed by atoms with Gasteiger partial charge in [0.25, 0.3) is 0 Å². The van der Waals surface area contributed by atoms with Crippen molar-refractivity contribution in [3.8, 4) is 0 Å². The van der Waals surface area contributed by atoms with E-state index in [4.69, 9.17) is 4.74 Å². The second-order valence-electron chi connectivity index (χ2n) is 9.96. The Morgan fingerprint density at radius 1 is 0.871 bits per heavy atom. The van der Waals surface area contributed by atoms with E-state index in [1.54, 1.807) is 0 Å².